The standard InChI is InChI=1S/C15H22N2O5/c1-8-5-17(13(20)16-11(8)19)12-9-10(14(2,3)4)15(6-18,22-12)7-21-9/h5,9-10,12,18H,6-7H2,1-4H3,(H,16,19,20)/t9?,10?,12?,15-/m1/s1. The van der Waals surface area contributed by atoms with Crippen molar-refractivity contribution in [3.8, 4) is 0 Å². The van der Waals surface area contributed by atoms with E-state index in [-0.39, 0.29) is 24.0 Å². The van der Waals surface area contributed by atoms with E-state index in [4.69, 9.17) is 9.47 Å². The Balaban J connectivity index is 2.08. The Morgan fingerprint density at radius 1 is 1.45 bits per heavy atom. The zero-order valence-electron chi connectivity index (χ0n) is 13.3. The van der Waals surface area contributed by atoms with Gasteiger partial charge in [0.05, 0.1) is 13.2 Å². The topological polar surface area (TPSA) is 93.6 Å². The maximum absolute atomic E-state index is 12.1. The molecular formula is C15H22N2O5. The summed E-state index contributed by atoms with van der Waals surface area (Å²) < 4.78 is 13.3. The summed E-state index contributed by atoms with van der Waals surface area (Å²) >= 11 is 0. The van der Waals surface area contributed by atoms with Gasteiger partial charge in [-0.25, -0.2) is 4.79 Å². The number of hydrogen-bond donors (Lipinski definition) is 2. The van der Waals surface area contributed by atoms with Crippen LogP contribution in [-0.2, 0) is 9.47 Å². The fourth-order valence-corrected chi connectivity index (χ4v) is 3.84. The van der Waals surface area contributed by atoms with Crippen LogP contribution in [0.2, 0.25) is 0 Å². The lowest BCUT2D eigenvalue weighted by atomic mass is 9.71. The average Bonchev–Trinajstić information content (AvgIpc) is 2.96. The molecule has 0 saturated carbocycles. The van der Waals surface area contributed by atoms with Crippen LogP contribution in [0, 0.1) is 18.3 Å². The number of rotatable bonds is 2. The third-order valence-electron chi connectivity index (χ3n) is 4.67. The molecule has 1 aromatic rings. The molecule has 2 fully saturated rings. The molecule has 0 radical (unpaired) electrons. The highest BCUT2D eigenvalue weighted by molar-refractivity contribution is 5.11. The van der Waals surface area contributed by atoms with Gasteiger partial charge in [0.25, 0.3) is 5.56 Å². The second-order valence-electron chi connectivity index (χ2n) is 7.33. The number of nitrogens with one attached hydrogen (secondary N) is 1. The number of aliphatic hydroxyl groups excluding tert-OH is 1. The van der Waals surface area contributed by atoms with Crippen LogP contribution in [0.25, 0.3) is 0 Å². The number of aliphatic hydroxyl groups is 1. The highest BCUT2D eigenvalue weighted by atomic mass is 16.6. The van der Waals surface area contributed by atoms with Gasteiger partial charge in [0.2, 0.25) is 0 Å². The summed E-state index contributed by atoms with van der Waals surface area (Å²) in [4.78, 5) is 25.9. The first-order valence-corrected chi connectivity index (χ1v) is 7.42. The summed E-state index contributed by atoms with van der Waals surface area (Å²) in [7, 11) is 0. The summed E-state index contributed by atoms with van der Waals surface area (Å²) in [5.41, 5.74) is -1.47. The fourth-order valence-electron chi connectivity index (χ4n) is 3.84. The minimum Gasteiger partial charge on any atom is -0.393 e. The summed E-state index contributed by atoms with van der Waals surface area (Å²) in [6.07, 6.45) is 0.504. The number of nitrogens with zero attached hydrogens (tertiary/aromatic N) is 1. The normalized spacial score (nSPS) is 34.3. The van der Waals surface area contributed by atoms with Crippen LogP contribution < -0.4 is 11.2 Å². The number of aryl methyl sites for hydroxylation is 1. The van der Waals surface area contributed by atoms with Crippen molar-refractivity contribution >= 4 is 0 Å². The van der Waals surface area contributed by atoms with Crippen molar-refractivity contribution in [2.45, 2.75) is 45.6 Å². The Morgan fingerprint density at radius 2 is 2.14 bits per heavy atom. The summed E-state index contributed by atoms with van der Waals surface area (Å²) in [6.45, 7) is 7.97. The maximum atomic E-state index is 12.1. The van der Waals surface area contributed by atoms with Gasteiger partial charge in [-0.2, -0.15) is 0 Å². The molecule has 22 heavy (non-hydrogen) atoms. The van der Waals surface area contributed by atoms with Crippen LogP contribution in [-0.4, -0.2) is 39.6 Å². The Kier molecular flexibility index (Phi) is 3.36. The first-order valence-electron chi connectivity index (χ1n) is 7.42. The first-order chi connectivity index (χ1) is 10.2. The van der Waals surface area contributed by atoms with Gasteiger partial charge in [0, 0.05) is 17.7 Å². The Morgan fingerprint density at radius 3 is 2.68 bits per heavy atom. The Hall–Kier alpha value is -1.44. The van der Waals surface area contributed by atoms with E-state index >= 15 is 0 Å². The van der Waals surface area contributed by atoms with Crippen LogP contribution in [0.5, 0.6) is 0 Å². The van der Waals surface area contributed by atoms with Crippen molar-refractivity contribution < 1.29 is 14.6 Å². The van der Waals surface area contributed by atoms with E-state index in [2.05, 4.69) is 25.8 Å². The third kappa shape index (κ3) is 2.07. The quantitative estimate of drug-likeness (QED) is 0.812. The smallest absolute Gasteiger partial charge is 0.330 e. The van der Waals surface area contributed by atoms with E-state index in [0.29, 0.717) is 12.2 Å². The molecule has 0 spiro atoms. The molecule has 2 saturated heterocycles. The van der Waals surface area contributed by atoms with Crippen LogP contribution in [0.1, 0.15) is 32.6 Å². The predicted molar refractivity (Wildman–Crippen MR) is 78.7 cm³/mol. The van der Waals surface area contributed by atoms with E-state index in [0.717, 1.165) is 0 Å². The zero-order chi connectivity index (χ0) is 16.3. The van der Waals surface area contributed by atoms with E-state index in [1.807, 2.05) is 0 Å². The van der Waals surface area contributed by atoms with Crippen molar-refractivity contribution in [2.24, 2.45) is 11.3 Å². The number of hydrogen-bond acceptors (Lipinski definition) is 5. The fraction of sp³-hybridized carbons (Fsp3) is 0.733. The summed E-state index contributed by atoms with van der Waals surface area (Å²) in [6, 6.07) is 0. The molecule has 122 valence electrons. The SMILES string of the molecule is Cc1cn(C2O[C@]3(CO)COC2C3C(C)(C)C)c(=O)[nH]c1=O. The van der Waals surface area contributed by atoms with Crippen LogP contribution in [0.15, 0.2) is 15.8 Å². The van der Waals surface area contributed by atoms with Crippen LogP contribution >= 0.6 is 0 Å². The van der Waals surface area contributed by atoms with Gasteiger partial charge in [0.1, 0.15) is 11.7 Å². The second kappa shape index (κ2) is 4.78. The molecule has 2 bridgehead atoms. The lowest BCUT2D eigenvalue weighted by Crippen LogP contribution is -2.46. The third-order valence-corrected chi connectivity index (χ3v) is 4.67. The lowest BCUT2D eigenvalue weighted by molar-refractivity contribution is -0.187. The number of fused-ring (bicyclic) bond motifs is 2. The molecule has 0 aromatic carbocycles. The highest BCUT2D eigenvalue weighted by Crippen LogP contribution is 2.55. The molecule has 0 amide bonds. The number of H-pyrrole nitrogens is 1. The molecule has 1 aromatic heterocycles. The van der Waals surface area contributed by atoms with Crippen LogP contribution in [0.4, 0.5) is 0 Å². The van der Waals surface area contributed by atoms with Gasteiger partial charge < -0.3 is 14.6 Å². The Labute approximate surface area is 127 Å². The maximum Gasteiger partial charge on any atom is 0.330 e. The van der Waals surface area contributed by atoms with Gasteiger partial charge in [0.15, 0.2) is 6.23 Å². The molecule has 0 aliphatic carbocycles. The van der Waals surface area contributed by atoms with E-state index in [9.17, 15) is 14.7 Å². The van der Waals surface area contributed by atoms with Gasteiger partial charge in [-0.1, -0.05) is 20.8 Å². The van der Waals surface area contributed by atoms with Crippen molar-refractivity contribution in [1.82, 2.24) is 9.55 Å². The van der Waals surface area contributed by atoms with Crippen molar-refractivity contribution in [3.05, 3.63) is 32.6 Å². The number of aromatic nitrogens is 2. The highest BCUT2D eigenvalue weighted by Gasteiger charge is 2.65. The predicted octanol–water partition coefficient (Wildman–Crippen LogP) is 0.166. The van der Waals surface area contributed by atoms with E-state index in [1.54, 1.807) is 6.92 Å². The minimum absolute atomic E-state index is 0.0471. The van der Waals surface area contributed by atoms with Gasteiger partial charge >= 0.3 is 5.69 Å². The van der Waals surface area contributed by atoms with Crippen molar-refractivity contribution in [1.29, 1.82) is 0 Å². The molecule has 2 N–H and O–H groups in total. The molecule has 7 nitrogen and oxygen atoms in total. The number of ether oxygens (including phenoxy) is 2. The molecule has 3 unspecified atom stereocenters. The Bertz CT molecular complexity index is 701. The monoisotopic (exact) mass is 310 g/mol. The van der Waals surface area contributed by atoms with Gasteiger partial charge in [-0.05, 0) is 12.3 Å². The number of aromatic amines is 1. The average molecular weight is 310 g/mol. The van der Waals surface area contributed by atoms with Crippen LogP contribution in [0.3, 0.4) is 0 Å². The molecule has 4 atom stereocenters. The summed E-state index contributed by atoms with van der Waals surface area (Å²) in [5.74, 6) is -0.0471. The molecular weight excluding hydrogens is 288 g/mol. The van der Waals surface area contributed by atoms with Gasteiger partial charge in [-0.3, -0.25) is 14.3 Å². The van der Waals surface area contributed by atoms with E-state index in [1.165, 1.54) is 10.8 Å². The molecule has 2 aliphatic rings. The molecule has 3 rings (SSSR count). The second-order valence-corrected chi connectivity index (χ2v) is 7.33. The van der Waals surface area contributed by atoms with Crippen molar-refractivity contribution in [3.63, 3.8) is 0 Å². The first kappa shape index (κ1) is 15.5. The summed E-state index contributed by atoms with van der Waals surface area (Å²) in [5, 5.41) is 9.86. The van der Waals surface area contributed by atoms with Gasteiger partial charge in [-0.15, -0.1) is 0 Å². The lowest BCUT2D eigenvalue weighted by Gasteiger charge is -2.35. The zero-order valence-corrected chi connectivity index (χ0v) is 13.3. The largest absolute Gasteiger partial charge is 0.393 e. The molecule has 2 aliphatic heterocycles. The van der Waals surface area contributed by atoms with E-state index < -0.39 is 23.1 Å². The molecule has 3 heterocycles. The minimum atomic E-state index is -0.808. The van der Waals surface area contributed by atoms with Crippen molar-refractivity contribution in [2.75, 3.05) is 13.2 Å². The molecule has 7 heteroatoms.